The first kappa shape index (κ1) is 22.2. The molecule has 1 heterocycles. The minimum absolute atomic E-state index is 0.178. The molecule has 1 fully saturated rings. The van der Waals surface area contributed by atoms with Crippen LogP contribution in [0.4, 0.5) is 10.5 Å². The zero-order valence-corrected chi connectivity index (χ0v) is 17.9. The molecule has 28 heavy (non-hydrogen) atoms. The van der Waals surface area contributed by atoms with Crippen LogP contribution >= 0.6 is 0 Å². The molecule has 7 nitrogen and oxygen atoms in total. The molecule has 1 saturated heterocycles. The number of nitrogens with one attached hydrogen (secondary N) is 1. The molecule has 2 N–H and O–H groups in total. The second kappa shape index (κ2) is 7.41. The van der Waals surface area contributed by atoms with Crippen molar-refractivity contribution in [3.63, 3.8) is 0 Å². The number of rotatable bonds is 4. The van der Waals surface area contributed by atoms with E-state index in [1.807, 2.05) is 34.6 Å². The molecule has 0 aromatic heterocycles. The Hall–Kier alpha value is -2.06. The molecule has 1 aromatic carbocycles. The number of carbonyl (C=O) groups excluding carboxylic acids is 1. The van der Waals surface area contributed by atoms with Gasteiger partial charge in [0.05, 0.1) is 17.6 Å². The molecule has 2 rings (SSSR count). The third kappa shape index (κ3) is 5.05. The van der Waals surface area contributed by atoms with Crippen LogP contribution < -0.4 is 10.8 Å². The summed E-state index contributed by atoms with van der Waals surface area (Å²) in [6.45, 7) is 14.9. The smallest absolute Gasteiger partial charge is 0.481 e. The van der Waals surface area contributed by atoms with Crippen LogP contribution in [-0.4, -0.2) is 41.1 Å². The van der Waals surface area contributed by atoms with E-state index in [0.29, 0.717) is 16.7 Å². The van der Waals surface area contributed by atoms with E-state index in [1.54, 1.807) is 32.9 Å². The van der Waals surface area contributed by atoms with Crippen molar-refractivity contribution in [3.05, 3.63) is 23.3 Å². The highest BCUT2D eigenvalue weighted by Gasteiger charge is 2.52. The van der Waals surface area contributed by atoms with Gasteiger partial charge in [-0.3, -0.25) is 10.1 Å². The lowest BCUT2D eigenvalue weighted by molar-refractivity contribution is -0.136. The number of aliphatic carboxylic acids is 1. The molecule has 1 aliphatic heterocycles. The first-order chi connectivity index (χ1) is 12.6. The summed E-state index contributed by atoms with van der Waals surface area (Å²) in [5.41, 5.74) is 0.732. The Balaban J connectivity index is 2.42. The van der Waals surface area contributed by atoms with Crippen molar-refractivity contribution in [2.75, 3.05) is 5.32 Å². The molecule has 0 radical (unpaired) electrons. The topological polar surface area (TPSA) is 94.1 Å². The largest absolute Gasteiger partial charge is 0.495 e. The highest BCUT2D eigenvalue weighted by atomic mass is 16.7. The normalized spacial score (nSPS) is 18.1. The Bertz CT molecular complexity index is 766. The van der Waals surface area contributed by atoms with Gasteiger partial charge in [0.25, 0.3) is 0 Å². The lowest BCUT2D eigenvalue weighted by Crippen LogP contribution is -2.41. The van der Waals surface area contributed by atoms with Crippen molar-refractivity contribution < 1.29 is 28.7 Å². The van der Waals surface area contributed by atoms with Crippen molar-refractivity contribution >= 4 is 30.3 Å². The predicted molar refractivity (Wildman–Crippen MR) is 108 cm³/mol. The molecular weight excluding hydrogens is 361 g/mol. The molecule has 8 heteroatoms. The molecule has 0 aliphatic carbocycles. The van der Waals surface area contributed by atoms with Crippen LogP contribution in [0.25, 0.3) is 0 Å². The highest BCUT2D eigenvalue weighted by molar-refractivity contribution is 6.62. The van der Waals surface area contributed by atoms with Gasteiger partial charge in [0.1, 0.15) is 5.60 Å². The zero-order chi connectivity index (χ0) is 21.5. The summed E-state index contributed by atoms with van der Waals surface area (Å²) in [4.78, 5) is 23.5. The Morgan fingerprint density at radius 2 is 1.68 bits per heavy atom. The van der Waals surface area contributed by atoms with Gasteiger partial charge in [-0.15, -0.1) is 0 Å². The quantitative estimate of drug-likeness (QED) is 0.766. The Labute approximate surface area is 166 Å². The number of benzene rings is 1. The zero-order valence-electron chi connectivity index (χ0n) is 17.9. The van der Waals surface area contributed by atoms with E-state index in [0.717, 1.165) is 5.56 Å². The van der Waals surface area contributed by atoms with Crippen molar-refractivity contribution in [3.8, 4) is 0 Å². The lowest BCUT2D eigenvalue weighted by atomic mass is 9.74. The number of carboxylic acids is 1. The Kier molecular flexibility index (Phi) is 5.88. The SMILES string of the molecule is Cc1c(CC(=O)O)cc(NC(=O)OC(C)(C)C)cc1B1OC(C)(C)C(C)(C)O1. The molecule has 0 atom stereocenters. The van der Waals surface area contributed by atoms with Crippen molar-refractivity contribution in [1.82, 2.24) is 0 Å². The average molecular weight is 391 g/mol. The van der Waals surface area contributed by atoms with Crippen LogP contribution in [0.15, 0.2) is 12.1 Å². The summed E-state index contributed by atoms with van der Waals surface area (Å²) in [5.74, 6) is -0.961. The number of ether oxygens (including phenoxy) is 1. The van der Waals surface area contributed by atoms with Crippen molar-refractivity contribution in [2.45, 2.75) is 78.6 Å². The summed E-state index contributed by atoms with van der Waals surface area (Å²) in [6.07, 6.45) is -0.792. The summed E-state index contributed by atoms with van der Waals surface area (Å²) >= 11 is 0. The van der Waals surface area contributed by atoms with Gasteiger partial charge in [-0.05, 0) is 84.1 Å². The van der Waals surface area contributed by atoms with Crippen molar-refractivity contribution in [1.29, 1.82) is 0 Å². The molecule has 1 aromatic rings. The number of amides is 1. The second-order valence-corrected chi connectivity index (χ2v) is 9.14. The van der Waals surface area contributed by atoms with Crippen LogP contribution in [0, 0.1) is 6.92 Å². The minimum atomic E-state index is -0.961. The molecule has 0 saturated carbocycles. The monoisotopic (exact) mass is 391 g/mol. The molecule has 154 valence electrons. The van der Waals surface area contributed by atoms with Gasteiger partial charge in [0.15, 0.2) is 0 Å². The summed E-state index contributed by atoms with van der Waals surface area (Å²) < 4.78 is 17.5. The average Bonchev–Trinajstić information content (AvgIpc) is 2.67. The molecule has 0 spiro atoms. The maximum absolute atomic E-state index is 12.2. The summed E-state index contributed by atoms with van der Waals surface area (Å²) in [5, 5.41) is 11.9. The maximum Gasteiger partial charge on any atom is 0.495 e. The van der Waals surface area contributed by atoms with E-state index in [4.69, 9.17) is 14.0 Å². The summed E-state index contributed by atoms with van der Waals surface area (Å²) in [7, 11) is -0.669. The van der Waals surface area contributed by atoms with Crippen molar-refractivity contribution in [2.24, 2.45) is 0 Å². The summed E-state index contributed by atoms with van der Waals surface area (Å²) in [6, 6.07) is 3.38. The number of anilines is 1. The fraction of sp³-hybridized carbons (Fsp3) is 0.600. The number of hydrogen-bond donors (Lipinski definition) is 2. The maximum atomic E-state index is 12.2. The van der Waals surface area contributed by atoms with Crippen LogP contribution in [0.3, 0.4) is 0 Å². The minimum Gasteiger partial charge on any atom is -0.481 e. The van der Waals surface area contributed by atoms with E-state index >= 15 is 0 Å². The van der Waals surface area contributed by atoms with Gasteiger partial charge in [-0.2, -0.15) is 0 Å². The van der Waals surface area contributed by atoms with Gasteiger partial charge in [-0.25, -0.2) is 4.79 Å². The third-order valence-electron chi connectivity index (χ3n) is 5.05. The van der Waals surface area contributed by atoms with Gasteiger partial charge in [-0.1, -0.05) is 0 Å². The number of hydrogen-bond acceptors (Lipinski definition) is 5. The lowest BCUT2D eigenvalue weighted by Gasteiger charge is -2.32. The molecular formula is C20H30BNO6. The van der Waals surface area contributed by atoms with Gasteiger partial charge in [0, 0.05) is 5.69 Å². The number of carbonyl (C=O) groups is 2. The second-order valence-electron chi connectivity index (χ2n) is 9.14. The van der Waals surface area contributed by atoms with E-state index < -0.39 is 36.0 Å². The Morgan fingerprint density at radius 1 is 1.14 bits per heavy atom. The first-order valence-electron chi connectivity index (χ1n) is 9.32. The van der Waals surface area contributed by atoms with E-state index in [-0.39, 0.29) is 6.42 Å². The van der Waals surface area contributed by atoms with Crippen LogP contribution in [0.2, 0.25) is 0 Å². The Morgan fingerprint density at radius 3 is 2.14 bits per heavy atom. The van der Waals surface area contributed by atoms with E-state index in [2.05, 4.69) is 5.32 Å². The van der Waals surface area contributed by atoms with E-state index in [1.165, 1.54) is 0 Å². The van der Waals surface area contributed by atoms with Crippen LogP contribution in [0.5, 0.6) is 0 Å². The van der Waals surface area contributed by atoms with E-state index in [9.17, 15) is 14.7 Å². The fourth-order valence-corrected chi connectivity index (χ4v) is 2.85. The van der Waals surface area contributed by atoms with Gasteiger partial charge >= 0.3 is 19.2 Å². The third-order valence-corrected chi connectivity index (χ3v) is 5.05. The van der Waals surface area contributed by atoms with Crippen LogP contribution in [-0.2, 0) is 25.3 Å². The fourth-order valence-electron chi connectivity index (χ4n) is 2.85. The molecule has 0 unspecified atom stereocenters. The molecule has 0 bridgehead atoms. The molecule has 1 amide bonds. The number of carboxylic acid groups (broad SMARTS) is 1. The highest BCUT2D eigenvalue weighted by Crippen LogP contribution is 2.37. The van der Waals surface area contributed by atoms with Crippen LogP contribution in [0.1, 0.15) is 59.6 Å². The van der Waals surface area contributed by atoms with Gasteiger partial charge < -0.3 is 19.2 Å². The standard InChI is InChI=1S/C20H30BNO6/c1-12-13(10-16(23)24)9-14(22-17(25)26-18(2,3)4)11-15(12)21-27-19(5,6)20(7,8)28-21/h9,11H,10H2,1-8H3,(H,22,25)(H,23,24). The molecule has 1 aliphatic rings. The van der Waals surface area contributed by atoms with Gasteiger partial charge in [0.2, 0.25) is 0 Å². The first-order valence-corrected chi connectivity index (χ1v) is 9.32. The predicted octanol–water partition coefficient (Wildman–Crippen LogP) is 3.27.